The van der Waals surface area contributed by atoms with E-state index < -0.39 is 17.7 Å². The predicted octanol–water partition coefficient (Wildman–Crippen LogP) is 5.05. The van der Waals surface area contributed by atoms with Gasteiger partial charge in [0.25, 0.3) is 0 Å². The molecule has 0 saturated carbocycles. The SMILES string of the molecule is Cc1cc(F)ccc1-n1nc(C(F)(F)F)cc1-c1ccc2c(c1)NC(=O)CS2. The molecule has 0 bridgehead atoms. The highest BCUT2D eigenvalue weighted by atomic mass is 32.2. The van der Waals surface area contributed by atoms with Gasteiger partial charge in [-0.25, -0.2) is 9.07 Å². The second-order valence-electron chi connectivity index (χ2n) is 6.30. The van der Waals surface area contributed by atoms with Crippen molar-refractivity contribution >= 4 is 23.4 Å². The maximum absolute atomic E-state index is 13.5. The summed E-state index contributed by atoms with van der Waals surface area (Å²) in [5.74, 6) is -0.370. The molecule has 0 spiro atoms. The van der Waals surface area contributed by atoms with Gasteiger partial charge in [0.2, 0.25) is 5.91 Å². The molecule has 2 heterocycles. The fourth-order valence-electron chi connectivity index (χ4n) is 3.01. The van der Waals surface area contributed by atoms with Crippen LogP contribution >= 0.6 is 11.8 Å². The molecule has 0 aliphatic carbocycles. The number of hydrogen-bond donors (Lipinski definition) is 1. The Morgan fingerprint density at radius 3 is 2.64 bits per heavy atom. The van der Waals surface area contributed by atoms with Crippen molar-refractivity contribution in [1.82, 2.24) is 9.78 Å². The maximum atomic E-state index is 13.5. The highest BCUT2D eigenvalue weighted by molar-refractivity contribution is 8.00. The summed E-state index contributed by atoms with van der Waals surface area (Å²) in [6.45, 7) is 1.60. The first-order valence-electron chi connectivity index (χ1n) is 8.23. The summed E-state index contributed by atoms with van der Waals surface area (Å²) < 4.78 is 54.5. The quantitative estimate of drug-likeness (QED) is 0.605. The van der Waals surface area contributed by atoms with E-state index in [1.54, 1.807) is 25.1 Å². The molecule has 0 atom stereocenters. The van der Waals surface area contributed by atoms with Crippen molar-refractivity contribution in [1.29, 1.82) is 0 Å². The number of nitrogens with zero attached hydrogens (tertiary/aromatic N) is 2. The lowest BCUT2D eigenvalue weighted by Gasteiger charge is -2.17. The van der Waals surface area contributed by atoms with Crippen LogP contribution in [-0.2, 0) is 11.0 Å². The van der Waals surface area contributed by atoms with E-state index in [0.29, 0.717) is 22.5 Å². The van der Waals surface area contributed by atoms with Crippen LogP contribution in [0.1, 0.15) is 11.3 Å². The Hall–Kier alpha value is -2.81. The standard InChI is InChI=1S/C19H13F4N3OS/c1-10-6-12(20)3-4-14(10)26-15(8-17(25-26)19(21,22)23)11-2-5-16-13(7-11)24-18(27)9-28-16/h2-8H,9H2,1H3,(H,24,27). The van der Waals surface area contributed by atoms with Gasteiger partial charge in [0, 0.05) is 10.5 Å². The molecular weight excluding hydrogens is 394 g/mol. The fraction of sp³-hybridized carbons (Fsp3) is 0.158. The number of anilines is 1. The van der Waals surface area contributed by atoms with Crippen LogP contribution in [0.2, 0.25) is 0 Å². The third kappa shape index (κ3) is 3.37. The van der Waals surface area contributed by atoms with Crippen LogP contribution in [0.25, 0.3) is 16.9 Å². The molecule has 1 aliphatic rings. The highest BCUT2D eigenvalue weighted by Gasteiger charge is 2.35. The third-order valence-electron chi connectivity index (χ3n) is 4.30. The van der Waals surface area contributed by atoms with Crippen LogP contribution < -0.4 is 5.32 Å². The molecule has 1 aliphatic heterocycles. The first-order valence-corrected chi connectivity index (χ1v) is 9.22. The number of aryl methyl sites for hydroxylation is 1. The summed E-state index contributed by atoms with van der Waals surface area (Å²) in [6, 6.07) is 9.78. The van der Waals surface area contributed by atoms with Crippen molar-refractivity contribution in [3.8, 4) is 16.9 Å². The number of carbonyl (C=O) groups is 1. The van der Waals surface area contributed by atoms with Gasteiger partial charge in [-0.2, -0.15) is 18.3 Å². The third-order valence-corrected chi connectivity index (χ3v) is 5.37. The molecule has 1 N–H and O–H groups in total. The molecule has 2 aromatic carbocycles. The number of halogens is 4. The minimum atomic E-state index is -4.63. The molecule has 1 aromatic heterocycles. The monoisotopic (exact) mass is 407 g/mol. The van der Waals surface area contributed by atoms with Crippen molar-refractivity contribution in [2.75, 3.05) is 11.1 Å². The number of aromatic nitrogens is 2. The zero-order valence-electron chi connectivity index (χ0n) is 14.5. The molecule has 0 radical (unpaired) electrons. The van der Waals surface area contributed by atoms with Crippen LogP contribution in [0.3, 0.4) is 0 Å². The van der Waals surface area contributed by atoms with E-state index in [-0.39, 0.29) is 17.4 Å². The first-order chi connectivity index (χ1) is 13.2. The number of thioether (sulfide) groups is 1. The number of nitrogens with one attached hydrogen (secondary N) is 1. The molecule has 1 amide bonds. The van der Waals surface area contributed by atoms with Crippen molar-refractivity contribution in [3.05, 3.63) is 59.5 Å². The summed E-state index contributed by atoms with van der Waals surface area (Å²) in [6.07, 6.45) is -4.63. The van der Waals surface area contributed by atoms with Crippen LogP contribution in [0.15, 0.2) is 47.4 Å². The van der Waals surface area contributed by atoms with E-state index in [1.165, 1.54) is 30.0 Å². The molecule has 4 rings (SSSR count). The Morgan fingerprint density at radius 1 is 1.14 bits per heavy atom. The van der Waals surface area contributed by atoms with Gasteiger partial charge >= 0.3 is 6.18 Å². The van der Waals surface area contributed by atoms with E-state index in [1.807, 2.05) is 0 Å². The smallest absolute Gasteiger partial charge is 0.324 e. The molecule has 0 unspecified atom stereocenters. The zero-order chi connectivity index (χ0) is 20.1. The van der Waals surface area contributed by atoms with Gasteiger partial charge in [0.15, 0.2) is 5.69 Å². The fourth-order valence-corrected chi connectivity index (χ4v) is 3.80. The van der Waals surface area contributed by atoms with E-state index >= 15 is 0 Å². The zero-order valence-corrected chi connectivity index (χ0v) is 15.3. The Morgan fingerprint density at radius 2 is 1.93 bits per heavy atom. The lowest BCUT2D eigenvalue weighted by atomic mass is 10.1. The molecule has 4 nitrogen and oxygen atoms in total. The van der Waals surface area contributed by atoms with Crippen LogP contribution in [0.5, 0.6) is 0 Å². The van der Waals surface area contributed by atoms with E-state index in [0.717, 1.165) is 15.6 Å². The van der Waals surface area contributed by atoms with Crippen LogP contribution in [0.4, 0.5) is 23.2 Å². The average Bonchev–Trinajstić information content (AvgIpc) is 3.06. The molecule has 144 valence electrons. The molecular formula is C19H13F4N3OS. The number of hydrogen-bond acceptors (Lipinski definition) is 3. The summed E-state index contributed by atoms with van der Waals surface area (Å²) >= 11 is 1.36. The molecule has 9 heteroatoms. The first kappa shape index (κ1) is 18.5. The number of carbonyl (C=O) groups excluding carboxylic acids is 1. The Bertz CT molecular complexity index is 1090. The molecule has 3 aromatic rings. The highest BCUT2D eigenvalue weighted by Crippen LogP contribution is 2.38. The van der Waals surface area contributed by atoms with Crippen molar-refractivity contribution in [3.63, 3.8) is 0 Å². The lowest BCUT2D eigenvalue weighted by Crippen LogP contribution is -2.18. The number of alkyl halides is 3. The normalized spacial score (nSPS) is 14.0. The van der Waals surface area contributed by atoms with E-state index in [2.05, 4.69) is 10.4 Å². The van der Waals surface area contributed by atoms with Crippen molar-refractivity contribution in [2.45, 2.75) is 18.0 Å². The van der Waals surface area contributed by atoms with Gasteiger partial charge in [-0.15, -0.1) is 11.8 Å². The summed E-state index contributed by atoms with van der Waals surface area (Å²) in [5, 5.41) is 6.45. The largest absolute Gasteiger partial charge is 0.435 e. The topological polar surface area (TPSA) is 46.9 Å². The van der Waals surface area contributed by atoms with Gasteiger partial charge in [-0.3, -0.25) is 4.79 Å². The summed E-state index contributed by atoms with van der Waals surface area (Å²) in [7, 11) is 0. The Balaban J connectivity index is 1.90. The van der Waals surface area contributed by atoms with Gasteiger partial charge in [-0.05, 0) is 48.9 Å². The van der Waals surface area contributed by atoms with Crippen LogP contribution in [0, 0.1) is 12.7 Å². The summed E-state index contributed by atoms with van der Waals surface area (Å²) in [5.41, 5.74) is 0.907. The predicted molar refractivity (Wildman–Crippen MR) is 98.1 cm³/mol. The Labute approximate surface area is 161 Å². The second-order valence-corrected chi connectivity index (χ2v) is 7.32. The molecule has 0 fully saturated rings. The minimum absolute atomic E-state index is 0.173. The molecule has 0 saturated heterocycles. The number of amides is 1. The molecule has 28 heavy (non-hydrogen) atoms. The van der Waals surface area contributed by atoms with Gasteiger partial charge < -0.3 is 5.32 Å². The number of benzene rings is 2. The Kier molecular flexibility index (Phi) is 4.41. The van der Waals surface area contributed by atoms with Gasteiger partial charge in [0.1, 0.15) is 5.82 Å². The maximum Gasteiger partial charge on any atom is 0.435 e. The van der Waals surface area contributed by atoms with E-state index in [9.17, 15) is 22.4 Å². The van der Waals surface area contributed by atoms with Gasteiger partial charge in [-0.1, -0.05) is 6.07 Å². The van der Waals surface area contributed by atoms with Gasteiger partial charge in [0.05, 0.1) is 22.8 Å². The number of rotatable bonds is 2. The average molecular weight is 407 g/mol. The second kappa shape index (κ2) is 6.66. The lowest BCUT2D eigenvalue weighted by molar-refractivity contribution is -0.141. The summed E-state index contributed by atoms with van der Waals surface area (Å²) in [4.78, 5) is 12.5. The van der Waals surface area contributed by atoms with Crippen LogP contribution in [-0.4, -0.2) is 21.4 Å². The van der Waals surface area contributed by atoms with Crippen molar-refractivity contribution < 1.29 is 22.4 Å². The van der Waals surface area contributed by atoms with E-state index in [4.69, 9.17) is 0 Å². The van der Waals surface area contributed by atoms with Crippen molar-refractivity contribution in [2.24, 2.45) is 0 Å². The number of fused-ring (bicyclic) bond motifs is 1. The minimum Gasteiger partial charge on any atom is -0.324 e.